The lowest BCUT2D eigenvalue weighted by Gasteiger charge is -2.06. The highest BCUT2D eigenvalue weighted by Gasteiger charge is 2.13. The third-order valence-corrected chi connectivity index (χ3v) is 1.93. The topological polar surface area (TPSA) is 119 Å². The Bertz CT molecular complexity index is 538. The number of carbonyl (C=O) groups excluding carboxylic acids is 1. The van der Waals surface area contributed by atoms with E-state index in [4.69, 9.17) is 10.5 Å². The Morgan fingerprint density at radius 2 is 2.41 bits per heavy atom. The van der Waals surface area contributed by atoms with Gasteiger partial charge in [-0.3, -0.25) is 9.89 Å². The van der Waals surface area contributed by atoms with Gasteiger partial charge in [-0.15, -0.1) is 5.10 Å². The van der Waals surface area contributed by atoms with Crippen LogP contribution in [0.5, 0.6) is 5.88 Å². The van der Waals surface area contributed by atoms with E-state index in [1.54, 1.807) is 18.3 Å². The first-order valence-corrected chi connectivity index (χ1v) is 4.69. The van der Waals surface area contributed by atoms with Crippen molar-refractivity contribution in [1.82, 2.24) is 20.2 Å². The maximum Gasteiger partial charge on any atom is 0.293 e. The van der Waals surface area contributed by atoms with Crippen molar-refractivity contribution in [3.05, 3.63) is 24.2 Å². The minimum absolute atomic E-state index is 0.00769. The second-order valence-corrected chi connectivity index (χ2v) is 3.06. The number of nitrogens with one attached hydrogen (secondary N) is 2. The minimum Gasteiger partial charge on any atom is -0.480 e. The van der Waals surface area contributed by atoms with Crippen LogP contribution in [-0.2, 0) is 0 Å². The normalized spacial score (nSPS) is 9.94. The van der Waals surface area contributed by atoms with E-state index in [1.807, 2.05) is 0 Å². The van der Waals surface area contributed by atoms with Crippen LogP contribution < -0.4 is 15.8 Å². The van der Waals surface area contributed by atoms with E-state index < -0.39 is 5.91 Å². The highest BCUT2D eigenvalue weighted by Crippen LogP contribution is 2.20. The van der Waals surface area contributed by atoms with E-state index in [1.165, 1.54) is 7.11 Å². The van der Waals surface area contributed by atoms with Crippen molar-refractivity contribution < 1.29 is 9.53 Å². The number of aromatic nitrogens is 4. The minimum atomic E-state index is -0.472. The number of nitrogens with zero attached hydrogens (tertiary/aromatic N) is 3. The van der Waals surface area contributed by atoms with Crippen LogP contribution in [0.1, 0.15) is 10.6 Å². The molecule has 0 spiro atoms. The van der Waals surface area contributed by atoms with Crippen LogP contribution in [0.3, 0.4) is 0 Å². The number of H-pyrrole nitrogens is 1. The van der Waals surface area contributed by atoms with Crippen molar-refractivity contribution >= 4 is 17.5 Å². The summed E-state index contributed by atoms with van der Waals surface area (Å²) in [6, 6.07) is 3.33. The average molecular weight is 234 g/mol. The zero-order valence-corrected chi connectivity index (χ0v) is 8.97. The summed E-state index contributed by atoms with van der Waals surface area (Å²) in [5, 5.41) is 8.53. The van der Waals surface area contributed by atoms with Gasteiger partial charge in [0.2, 0.25) is 17.7 Å². The highest BCUT2D eigenvalue weighted by molar-refractivity contribution is 6.02. The standard InChI is InChI=1S/C9H10N6O2/c1-17-8-5(3-2-4-11-8)12-7(16)6-13-9(10)15-14-6/h2-4H,1H3,(H,12,16)(H3,10,13,14,15). The molecule has 2 aromatic rings. The molecule has 8 nitrogen and oxygen atoms in total. The molecule has 17 heavy (non-hydrogen) atoms. The summed E-state index contributed by atoms with van der Waals surface area (Å²) in [5.41, 5.74) is 5.74. The largest absolute Gasteiger partial charge is 0.480 e. The zero-order chi connectivity index (χ0) is 12.3. The third-order valence-electron chi connectivity index (χ3n) is 1.93. The number of hydrogen-bond acceptors (Lipinski definition) is 6. The number of anilines is 2. The van der Waals surface area contributed by atoms with Gasteiger partial charge in [0.1, 0.15) is 5.69 Å². The number of ether oxygens (including phenoxy) is 1. The van der Waals surface area contributed by atoms with Crippen molar-refractivity contribution in [3.8, 4) is 5.88 Å². The van der Waals surface area contributed by atoms with Crippen LogP contribution in [0.25, 0.3) is 0 Å². The van der Waals surface area contributed by atoms with Crippen molar-refractivity contribution in [1.29, 1.82) is 0 Å². The molecule has 0 saturated heterocycles. The first-order chi connectivity index (χ1) is 8.20. The van der Waals surface area contributed by atoms with Crippen LogP contribution in [0, 0.1) is 0 Å². The lowest BCUT2D eigenvalue weighted by Crippen LogP contribution is -2.14. The fraction of sp³-hybridized carbons (Fsp3) is 0.111. The van der Waals surface area contributed by atoms with Gasteiger partial charge in [-0.1, -0.05) is 0 Å². The Balaban J connectivity index is 2.18. The van der Waals surface area contributed by atoms with Crippen LogP contribution in [0.4, 0.5) is 11.6 Å². The van der Waals surface area contributed by atoms with Crippen LogP contribution in [0.15, 0.2) is 18.3 Å². The van der Waals surface area contributed by atoms with E-state index in [2.05, 4.69) is 25.5 Å². The Morgan fingerprint density at radius 3 is 3.06 bits per heavy atom. The molecular formula is C9H10N6O2. The summed E-state index contributed by atoms with van der Waals surface area (Å²) in [4.78, 5) is 19.4. The second kappa shape index (κ2) is 4.47. The van der Waals surface area contributed by atoms with Crippen LogP contribution in [-0.4, -0.2) is 33.2 Å². The SMILES string of the molecule is COc1ncccc1NC(=O)c1nc(N)n[nH]1. The van der Waals surface area contributed by atoms with E-state index in [9.17, 15) is 4.79 Å². The van der Waals surface area contributed by atoms with Gasteiger partial charge in [-0.25, -0.2) is 4.98 Å². The summed E-state index contributed by atoms with van der Waals surface area (Å²) in [5.74, 6) is -0.129. The fourth-order valence-corrected chi connectivity index (χ4v) is 1.21. The van der Waals surface area contributed by atoms with Gasteiger partial charge in [0.15, 0.2) is 0 Å². The Kier molecular flexibility index (Phi) is 2.86. The first kappa shape index (κ1) is 10.9. The number of pyridine rings is 1. The van der Waals surface area contributed by atoms with Crippen molar-refractivity contribution in [2.45, 2.75) is 0 Å². The summed E-state index contributed by atoms with van der Waals surface area (Å²) < 4.78 is 4.99. The number of amides is 1. The van der Waals surface area contributed by atoms with E-state index in [0.29, 0.717) is 11.6 Å². The third kappa shape index (κ3) is 2.30. The fourth-order valence-electron chi connectivity index (χ4n) is 1.21. The van der Waals surface area contributed by atoms with Crippen molar-refractivity contribution in [2.75, 3.05) is 18.2 Å². The molecule has 4 N–H and O–H groups in total. The number of rotatable bonds is 3. The van der Waals surface area contributed by atoms with Crippen molar-refractivity contribution in [2.24, 2.45) is 0 Å². The van der Waals surface area contributed by atoms with Crippen molar-refractivity contribution in [3.63, 3.8) is 0 Å². The zero-order valence-electron chi connectivity index (χ0n) is 8.97. The van der Waals surface area contributed by atoms with Crippen LogP contribution in [0.2, 0.25) is 0 Å². The number of carbonyl (C=O) groups is 1. The maximum atomic E-state index is 11.7. The summed E-state index contributed by atoms with van der Waals surface area (Å²) in [6.45, 7) is 0. The molecule has 0 aliphatic carbocycles. The molecule has 0 unspecified atom stereocenters. The molecule has 0 saturated carbocycles. The Morgan fingerprint density at radius 1 is 1.59 bits per heavy atom. The lowest BCUT2D eigenvalue weighted by molar-refractivity contribution is 0.101. The molecule has 2 rings (SSSR count). The smallest absolute Gasteiger partial charge is 0.293 e. The molecule has 88 valence electrons. The van der Waals surface area contributed by atoms with E-state index >= 15 is 0 Å². The molecule has 0 fully saturated rings. The number of nitrogen functional groups attached to an aromatic ring is 1. The first-order valence-electron chi connectivity index (χ1n) is 4.69. The average Bonchev–Trinajstić information content (AvgIpc) is 2.77. The molecule has 2 aromatic heterocycles. The summed E-state index contributed by atoms with van der Waals surface area (Å²) in [7, 11) is 1.46. The maximum absolute atomic E-state index is 11.7. The van der Waals surface area contributed by atoms with E-state index in [-0.39, 0.29) is 11.8 Å². The van der Waals surface area contributed by atoms with Gasteiger partial charge in [-0.2, -0.15) is 4.98 Å². The molecule has 0 bridgehead atoms. The van der Waals surface area contributed by atoms with Gasteiger partial charge < -0.3 is 15.8 Å². The molecular weight excluding hydrogens is 224 g/mol. The van der Waals surface area contributed by atoms with Gasteiger partial charge in [-0.05, 0) is 12.1 Å². The molecule has 0 aromatic carbocycles. The quantitative estimate of drug-likeness (QED) is 0.690. The lowest BCUT2D eigenvalue weighted by atomic mass is 10.4. The Hall–Kier alpha value is -2.64. The van der Waals surface area contributed by atoms with E-state index in [0.717, 1.165) is 0 Å². The number of hydrogen-bond donors (Lipinski definition) is 3. The molecule has 0 aliphatic rings. The monoisotopic (exact) mass is 234 g/mol. The molecule has 8 heteroatoms. The number of aromatic amines is 1. The molecule has 2 heterocycles. The van der Waals surface area contributed by atoms with Gasteiger partial charge in [0.25, 0.3) is 5.91 Å². The van der Waals surface area contributed by atoms with Gasteiger partial charge in [0.05, 0.1) is 7.11 Å². The molecule has 0 atom stereocenters. The molecule has 1 amide bonds. The summed E-state index contributed by atoms with van der Waals surface area (Å²) >= 11 is 0. The summed E-state index contributed by atoms with van der Waals surface area (Å²) in [6.07, 6.45) is 1.56. The van der Waals surface area contributed by atoms with Gasteiger partial charge in [0, 0.05) is 6.20 Å². The molecule has 0 radical (unpaired) electrons. The predicted molar refractivity (Wildman–Crippen MR) is 59.5 cm³/mol. The van der Waals surface area contributed by atoms with Gasteiger partial charge >= 0.3 is 0 Å². The predicted octanol–water partition coefficient (Wildman–Crippen LogP) is 0.0428. The van der Waals surface area contributed by atoms with Crippen LogP contribution >= 0.6 is 0 Å². The second-order valence-electron chi connectivity index (χ2n) is 3.06. The number of methoxy groups -OCH3 is 1. The molecule has 0 aliphatic heterocycles. The number of nitrogens with two attached hydrogens (primary N) is 1. The Labute approximate surface area is 96.2 Å². The highest BCUT2D eigenvalue weighted by atomic mass is 16.5.